The Bertz CT molecular complexity index is 433. The summed E-state index contributed by atoms with van der Waals surface area (Å²) in [5, 5.41) is 9.29. The summed E-state index contributed by atoms with van der Waals surface area (Å²) in [6, 6.07) is 0. The van der Waals surface area contributed by atoms with Gasteiger partial charge in [0.1, 0.15) is 5.60 Å². The Balaban J connectivity index is 3.10. The smallest absolute Gasteiger partial charge is 0.443 e. The van der Waals surface area contributed by atoms with Crippen molar-refractivity contribution in [1.29, 1.82) is 0 Å². The number of carbonyl (C=O) groups excluding carboxylic acids is 1. The highest BCUT2D eigenvalue weighted by Gasteiger charge is 2.67. The molecule has 1 N–H and O–H groups in total. The van der Waals surface area contributed by atoms with Crippen molar-refractivity contribution < 1.29 is 41.3 Å². The van der Waals surface area contributed by atoms with E-state index < -0.39 is 42.5 Å². The van der Waals surface area contributed by atoms with Crippen LogP contribution in [0.5, 0.6) is 0 Å². The molecular weight excluding hydrogens is 291 g/mol. The van der Waals surface area contributed by atoms with E-state index in [9.17, 15) is 31.9 Å². The number of carbonyl (C=O) groups is 1. The SMILES string of the molecule is C=C(C)C(=O)OC1(C)CC(F)(F)OC(O)(C(F)(F)F)C1. The van der Waals surface area contributed by atoms with Crippen LogP contribution in [0.25, 0.3) is 0 Å². The molecule has 2 atom stereocenters. The first-order valence-corrected chi connectivity index (χ1v) is 5.46. The molecule has 0 bridgehead atoms. The average Bonchev–Trinajstić information content (AvgIpc) is 2.09. The van der Waals surface area contributed by atoms with Crippen molar-refractivity contribution in [3.63, 3.8) is 0 Å². The molecule has 1 rings (SSSR count). The fourth-order valence-electron chi connectivity index (χ4n) is 1.87. The highest BCUT2D eigenvalue weighted by molar-refractivity contribution is 5.87. The summed E-state index contributed by atoms with van der Waals surface area (Å²) in [5.74, 6) is -5.23. The zero-order valence-corrected chi connectivity index (χ0v) is 10.7. The maximum Gasteiger partial charge on any atom is 0.443 e. The van der Waals surface area contributed by atoms with Crippen LogP contribution in [0.3, 0.4) is 0 Å². The molecule has 0 radical (unpaired) electrons. The number of hydrogen-bond acceptors (Lipinski definition) is 4. The van der Waals surface area contributed by atoms with Crippen LogP contribution in [-0.2, 0) is 14.3 Å². The second-order valence-electron chi connectivity index (χ2n) is 4.99. The molecule has 9 heteroatoms. The molecule has 1 fully saturated rings. The summed E-state index contributed by atoms with van der Waals surface area (Å²) in [5.41, 5.74) is -2.42. The Labute approximate surface area is 111 Å². The Morgan fingerprint density at radius 3 is 2.25 bits per heavy atom. The Morgan fingerprint density at radius 1 is 1.35 bits per heavy atom. The van der Waals surface area contributed by atoms with Gasteiger partial charge < -0.3 is 9.84 Å². The molecule has 0 aromatic heterocycles. The van der Waals surface area contributed by atoms with E-state index in [1.54, 1.807) is 0 Å². The van der Waals surface area contributed by atoms with Gasteiger partial charge in [-0.3, -0.25) is 4.74 Å². The van der Waals surface area contributed by atoms with Gasteiger partial charge in [0.05, 0.1) is 12.8 Å². The zero-order chi connectivity index (χ0) is 16.0. The van der Waals surface area contributed by atoms with Crippen LogP contribution in [0.4, 0.5) is 22.0 Å². The van der Waals surface area contributed by atoms with Crippen LogP contribution in [-0.4, -0.2) is 34.7 Å². The molecule has 1 aliphatic rings. The van der Waals surface area contributed by atoms with E-state index in [4.69, 9.17) is 0 Å². The van der Waals surface area contributed by atoms with E-state index in [1.807, 2.05) is 0 Å². The fraction of sp³-hybridized carbons (Fsp3) is 0.727. The lowest BCUT2D eigenvalue weighted by molar-refractivity contribution is -0.468. The molecular formula is C11H13F5O4. The van der Waals surface area contributed by atoms with Crippen LogP contribution < -0.4 is 0 Å². The van der Waals surface area contributed by atoms with Gasteiger partial charge >= 0.3 is 18.3 Å². The number of halogens is 5. The van der Waals surface area contributed by atoms with Crippen molar-refractivity contribution in [3.05, 3.63) is 12.2 Å². The fourth-order valence-corrected chi connectivity index (χ4v) is 1.87. The van der Waals surface area contributed by atoms with E-state index in [0.29, 0.717) is 0 Å². The Morgan fingerprint density at radius 2 is 1.85 bits per heavy atom. The number of hydrogen-bond donors (Lipinski definition) is 1. The largest absolute Gasteiger partial charge is 0.455 e. The van der Waals surface area contributed by atoms with E-state index >= 15 is 0 Å². The first-order valence-electron chi connectivity index (χ1n) is 5.46. The lowest BCUT2D eigenvalue weighted by atomic mass is 9.88. The molecule has 0 aliphatic carbocycles. The van der Waals surface area contributed by atoms with E-state index in [1.165, 1.54) is 6.92 Å². The molecule has 4 nitrogen and oxygen atoms in total. The van der Waals surface area contributed by atoms with Gasteiger partial charge in [0.2, 0.25) is 0 Å². The number of ether oxygens (including phenoxy) is 2. The third-order valence-corrected chi connectivity index (χ3v) is 2.64. The van der Waals surface area contributed by atoms with Gasteiger partial charge in [-0.25, -0.2) is 4.79 Å². The van der Waals surface area contributed by atoms with Gasteiger partial charge in [0.15, 0.2) is 0 Å². The Kier molecular flexibility index (Phi) is 3.92. The predicted molar refractivity (Wildman–Crippen MR) is 55.6 cm³/mol. The zero-order valence-electron chi connectivity index (χ0n) is 10.7. The second-order valence-corrected chi connectivity index (χ2v) is 4.99. The van der Waals surface area contributed by atoms with Crippen LogP contribution in [0.15, 0.2) is 12.2 Å². The normalized spacial score (nSPS) is 33.6. The van der Waals surface area contributed by atoms with Crippen LogP contribution in [0.1, 0.15) is 26.7 Å². The summed E-state index contributed by atoms with van der Waals surface area (Å²) in [6.07, 6.45) is -12.4. The minimum Gasteiger partial charge on any atom is -0.455 e. The maximum absolute atomic E-state index is 13.3. The number of esters is 1. The third kappa shape index (κ3) is 3.45. The summed E-state index contributed by atoms with van der Waals surface area (Å²) >= 11 is 0. The maximum atomic E-state index is 13.3. The minimum atomic E-state index is -5.46. The standard InChI is InChI=1S/C11H13F5O4/c1-6(2)7(17)19-8(3)4-9(18,11(14,15)16)20-10(12,13)5-8/h18H,1,4-5H2,2-3H3. The topological polar surface area (TPSA) is 55.8 Å². The molecule has 1 heterocycles. The molecule has 0 spiro atoms. The van der Waals surface area contributed by atoms with Crippen molar-refractivity contribution in [1.82, 2.24) is 0 Å². The van der Waals surface area contributed by atoms with E-state index in [0.717, 1.165) is 6.92 Å². The van der Waals surface area contributed by atoms with E-state index in [2.05, 4.69) is 16.1 Å². The molecule has 20 heavy (non-hydrogen) atoms. The summed E-state index contributed by atoms with van der Waals surface area (Å²) in [6.45, 7) is 5.26. The second kappa shape index (κ2) is 4.66. The van der Waals surface area contributed by atoms with E-state index in [-0.39, 0.29) is 5.57 Å². The lowest BCUT2D eigenvalue weighted by Gasteiger charge is -2.45. The predicted octanol–water partition coefficient (Wildman–Crippen LogP) is 2.52. The summed E-state index contributed by atoms with van der Waals surface area (Å²) in [7, 11) is 0. The Hall–Kier alpha value is -1.22. The summed E-state index contributed by atoms with van der Waals surface area (Å²) in [4.78, 5) is 11.3. The monoisotopic (exact) mass is 304 g/mol. The van der Waals surface area contributed by atoms with Crippen molar-refractivity contribution in [2.45, 2.75) is 50.4 Å². The number of rotatable bonds is 2. The quantitative estimate of drug-likeness (QED) is 0.484. The molecule has 2 unspecified atom stereocenters. The van der Waals surface area contributed by atoms with Gasteiger partial charge in [0.25, 0.3) is 5.79 Å². The van der Waals surface area contributed by atoms with Gasteiger partial charge in [0, 0.05) is 5.57 Å². The first kappa shape index (κ1) is 16.8. The molecule has 0 saturated carbocycles. The molecule has 0 amide bonds. The molecule has 0 aromatic rings. The van der Waals surface area contributed by atoms with Gasteiger partial charge in [-0.05, 0) is 13.8 Å². The molecule has 0 aromatic carbocycles. The molecule has 1 aliphatic heterocycles. The molecule has 1 saturated heterocycles. The average molecular weight is 304 g/mol. The van der Waals surface area contributed by atoms with Gasteiger partial charge in [-0.2, -0.15) is 22.0 Å². The first-order chi connectivity index (χ1) is 8.70. The highest BCUT2D eigenvalue weighted by Crippen LogP contribution is 2.49. The summed E-state index contributed by atoms with van der Waals surface area (Å²) < 4.78 is 72.5. The number of aliphatic hydroxyl groups is 1. The minimum absolute atomic E-state index is 0.170. The van der Waals surface area contributed by atoms with Gasteiger partial charge in [-0.1, -0.05) is 6.58 Å². The number of alkyl halides is 5. The third-order valence-electron chi connectivity index (χ3n) is 2.64. The van der Waals surface area contributed by atoms with Crippen LogP contribution in [0, 0.1) is 0 Å². The van der Waals surface area contributed by atoms with Gasteiger partial charge in [-0.15, -0.1) is 0 Å². The highest BCUT2D eigenvalue weighted by atomic mass is 19.4. The van der Waals surface area contributed by atoms with Crippen molar-refractivity contribution in [2.24, 2.45) is 0 Å². The van der Waals surface area contributed by atoms with Crippen molar-refractivity contribution in [3.8, 4) is 0 Å². The van der Waals surface area contributed by atoms with Crippen LogP contribution in [0.2, 0.25) is 0 Å². The van der Waals surface area contributed by atoms with Crippen molar-refractivity contribution >= 4 is 5.97 Å². The van der Waals surface area contributed by atoms with Crippen molar-refractivity contribution in [2.75, 3.05) is 0 Å². The van der Waals surface area contributed by atoms with Crippen LogP contribution >= 0.6 is 0 Å². The lowest BCUT2D eigenvalue weighted by Crippen LogP contribution is -2.62. The molecule has 116 valence electrons.